The number of Topliss-reactive ketones (excluding diaryl/α,β-unsaturated/α-hetero) is 1. The molecule has 3 heteroatoms. The van der Waals surface area contributed by atoms with Gasteiger partial charge in [0.2, 0.25) is 0 Å². The molecule has 2 rings (SSSR count). The predicted octanol–water partition coefficient (Wildman–Crippen LogP) is 2.80. The molecule has 0 amide bonds. The van der Waals surface area contributed by atoms with Gasteiger partial charge in [-0.25, -0.2) is 0 Å². The van der Waals surface area contributed by atoms with Gasteiger partial charge in [0.15, 0.2) is 0 Å². The first-order valence-electron chi connectivity index (χ1n) is 4.58. The standard InChI is InChI=1S/C11H11ClO2/c1-14-11-5-2-7(6-9(11)12)8-3-4-10(8)13/h2,5-6,8H,3-4H2,1H3. The van der Waals surface area contributed by atoms with E-state index >= 15 is 0 Å². The van der Waals surface area contributed by atoms with Crippen molar-refractivity contribution >= 4 is 17.4 Å². The zero-order chi connectivity index (χ0) is 10.1. The number of halogens is 1. The number of ketones is 1. The van der Waals surface area contributed by atoms with Crippen LogP contribution in [0.25, 0.3) is 0 Å². The van der Waals surface area contributed by atoms with Crippen LogP contribution >= 0.6 is 11.6 Å². The third kappa shape index (κ3) is 1.50. The van der Waals surface area contributed by atoms with Crippen molar-refractivity contribution in [3.63, 3.8) is 0 Å². The van der Waals surface area contributed by atoms with Gasteiger partial charge in [-0.3, -0.25) is 4.79 Å². The van der Waals surface area contributed by atoms with Crippen LogP contribution in [0, 0.1) is 0 Å². The summed E-state index contributed by atoms with van der Waals surface area (Å²) < 4.78 is 5.04. The van der Waals surface area contributed by atoms with E-state index in [-0.39, 0.29) is 5.92 Å². The van der Waals surface area contributed by atoms with Crippen LogP contribution in [0.3, 0.4) is 0 Å². The Bertz CT molecular complexity index is 374. The molecule has 0 saturated heterocycles. The number of carbonyl (C=O) groups excluding carboxylic acids is 1. The van der Waals surface area contributed by atoms with E-state index in [1.165, 1.54) is 0 Å². The van der Waals surface area contributed by atoms with Crippen LogP contribution in [0.4, 0.5) is 0 Å². The molecule has 1 aromatic rings. The second kappa shape index (κ2) is 3.62. The van der Waals surface area contributed by atoms with Crippen molar-refractivity contribution in [2.24, 2.45) is 0 Å². The van der Waals surface area contributed by atoms with Crippen molar-refractivity contribution in [3.8, 4) is 5.75 Å². The number of benzene rings is 1. The monoisotopic (exact) mass is 210 g/mol. The Kier molecular flexibility index (Phi) is 2.46. The summed E-state index contributed by atoms with van der Waals surface area (Å²) in [5.41, 5.74) is 1.01. The van der Waals surface area contributed by atoms with Gasteiger partial charge in [-0.15, -0.1) is 0 Å². The molecule has 14 heavy (non-hydrogen) atoms. The second-order valence-corrected chi connectivity index (χ2v) is 3.86. The molecule has 0 spiro atoms. The van der Waals surface area contributed by atoms with Gasteiger partial charge in [0.25, 0.3) is 0 Å². The van der Waals surface area contributed by atoms with Crippen LogP contribution in [0.15, 0.2) is 18.2 Å². The lowest BCUT2D eigenvalue weighted by Gasteiger charge is -2.24. The molecule has 2 nitrogen and oxygen atoms in total. The summed E-state index contributed by atoms with van der Waals surface area (Å²) in [5, 5.41) is 0.574. The Morgan fingerprint density at radius 2 is 2.29 bits per heavy atom. The number of hydrogen-bond donors (Lipinski definition) is 0. The third-order valence-corrected chi connectivity index (χ3v) is 2.94. The van der Waals surface area contributed by atoms with Crippen LogP contribution in [0.1, 0.15) is 24.3 Å². The molecule has 0 aromatic heterocycles. The predicted molar refractivity (Wildman–Crippen MR) is 55.0 cm³/mol. The molecule has 1 atom stereocenters. The zero-order valence-corrected chi connectivity index (χ0v) is 8.67. The van der Waals surface area contributed by atoms with Gasteiger partial charge < -0.3 is 4.74 Å². The first kappa shape index (κ1) is 9.53. The van der Waals surface area contributed by atoms with Crippen molar-refractivity contribution in [1.82, 2.24) is 0 Å². The summed E-state index contributed by atoms with van der Waals surface area (Å²) in [6, 6.07) is 5.54. The molecular weight excluding hydrogens is 200 g/mol. The minimum atomic E-state index is 0.0680. The molecular formula is C11H11ClO2. The summed E-state index contributed by atoms with van der Waals surface area (Å²) in [5.74, 6) is 1.03. The Balaban J connectivity index is 2.28. The highest BCUT2D eigenvalue weighted by atomic mass is 35.5. The van der Waals surface area contributed by atoms with Gasteiger partial charge in [-0.2, -0.15) is 0 Å². The molecule has 0 aliphatic heterocycles. The maximum atomic E-state index is 11.2. The summed E-state index contributed by atoms with van der Waals surface area (Å²) >= 11 is 5.97. The molecule has 1 unspecified atom stereocenters. The smallest absolute Gasteiger partial charge is 0.140 e. The van der Waals surface area contributed by atoms with Crippen molar-refractivity contribution in [2.75, 3.05) is 7.11 Å². The maximum Gasteiger partial charge on any atom is 0.140 e. The van der Waals surface area contributed by atoms with Crippen LogP contribution in [0.2, 0.25) is 5.02 Å². The molecule has 0 bridgehead atoms. The normalized spacial score (nSPS) is 20.4. The fourth-order valence-electron chi connectivity index (χ4n) is 1.66. The minimum absolute atomic E-state index is 0.0680. The molecule has 1 aliphatic carbocycles. The Labute approximate surface area is 87.8 Å². The minimum Gasteiger partial charge on any atom is -0.495 e. The van der Waals surface area contributed by atoms with Crippen molar-refractivity contribution in [3.05, 3.63) is 28.8 Å². The fraction of sp³-hybridized carbons (Fsp3) is 0.364. The topological polar surface area (TPSA) is 26.3 Å². The van der Waals surface area contributed by atoms with Gasteiger partial charge in [0.05, 0.1) is 12.1 Å². The summed E-state index contributed by atoms with van der Waals surface area (Å²) in [7, 11) is 1.58. The number of methoxy groups -OCH3 is 1. The van der Waals surface area contributed by atoms with Crippen LogP contribution in [-0.4, -0.2) is 12.9 Å². The molecule has 1 saturated carbocycles. The molecule has 0 heterocycles. The van der Waals surface area contributed by atoms with Gasteiger partial charge in [-0.05, 0) is 24.1 Å². The Morgan fingerprint density at radius 3 is 2.71 bits per heavy atom. The third-order valence-electron chi connectivity index (χ3n) is 2.65. The molecule has 1 aromatic carbocycles. The van der Waals surface area contributed by atoms with Gasteiger partial charge >= 0.3 is 0 Å². The number of hydrogen-bond acceptors (Lipinski definition) is 2. The van der Waals surface area contributed by atoms with E-state index in [1.54, 1.807) is 7.11 Å². The number of carbonyl (C=O) groups is 1. The Morgan fingerprint density at radius 1 is 1.50 bits per heavy atom. The first-order chi connectivity index (χ1) is 6.72. The van der Waals surface area contributed by atoms with Gasteiger partial charge in [-0.1, -0.05) is 17.7 Å². The molecule has 74 valence electrons. The van der Waals surface area contributed by atoms with E-state index in [9.17, 15) is 4.79 Å². The van der Waals surface area contributed by atoms with Crippen molar-refractivity contribution < 1.29 is 9.53 Å². The van der Waals surface area contributed by atoms with E-state index in [4.69, 9.17) is 16.3 Å². The van der Waals surface area contributed by atoms with Crippen LogP contribution < -0.4 is 4.74 Å². The lowest BCUT2D eigenvalue weighted by Crippen LogP contribution is -2.23. The van der Waals surface area contributed by atoms with E-state index in [0.717, 1.165) is 12.0 Å². The molecule has 0 radical (unpaired) electrons. The summed E-state index contributed by atoms with van der Waals surface area (Å²) in [4.78, 5) is 11.2. The summed E-state index contributed by atoms with van der Waals surface area (Å²) in [6.45, 7) is 0. The van der Waals surface area contributed by atoms with E-state index < -0.39 is 0 Å². The van der Waals surface area contributed by atoms with E-state index in [1.807, 2.05) is 18.2 Å². The first-order valence-corrected chi connectivity index (χ1v) is 4.96. The average molecular weight is 211 g/mol. The number of rotatable bonds is 2. The highest BCUT2D eigenvalue weighted by molar-refractivity contribution is 6.32. The Hall–Kier alpha value is -1.02. The molecule has 1 aliphatic rings. The second-order valence-electron chi connectivity index (χ2n) is 3.45. The highest BCUT2D eigenvalue weighted by Gasteiger charge is 2.29. The highest BCUT2D eigenvalue weighted by Crippen LogP contribution is 2.36. The quantitative estimate of drug-likeness (QED) is 0.751. The summed E-state index contributed by atoms with van der Waals surface area (Å²) in [6.07, 6.45) is 1.65. The lowest BCUT2D eigenvalue weighted by molar-refractivity contribution is -0.125. The largest absolute Gasteiger partial charge is 0.495 e. The van der Waals surface area contributed by atoms with Gasteiger partial charge in [0.1, 0.15) is 11.5 Å². The van der Waals surface area contributed by atoms with Crippen LogP contribution in [-0.2, 0) is 4.79 Å². The molecule has 0 N–H and O–H groups in total. The van der Waals surface area contributed by atoms with Crippen molar-refractivity contribution in [2.45, 2.75) is 18.8 Å². The molecule has 1 fully saturated rings. The van der Waals surface area contributed by atoms with Crippen molar-refractivity contribution in [1.29, 1.82) is 0 Å². The fourth-order valence-corrected chi connectivity index (χ4v) is 1.92. The maximum absolute atomic E-state index is 11.2. The lowest BCUT2D eigenvalue weighted by atomic mass is 9.79. The van der Waals surface area contributed by atoms with Gasteiger partial charge in [0, 0.05) is 12.3 Å². The average Bonchev–Trinajstić information content (AvgIpc) is 2.16. The SMILES string of the molecule is COc1ccc(C2CCC2=O)cc1Cl. The van der Waals surface area contributed by atoms with Crippen LogP contribution in [0.5, 0.6) is 5.75 Å². The zero-order valence-electron chi connectivity index (χ0n) is 7.92. The number of ether oxygens (including phenoxy) is 1. The van der Waals surface area contributed by atoms with E-state index in [2.05, 4.69) is 0 Å². The van der Waals surface area contributed by atoms with E-state index in [0.29, 0.717) is 23.0 Å².